The number of rotatable bonds is 5. The Morgan fingerprint density at radius 2 is 1.80 bits per heavy atom. The highest BCUT2D eigenvalue weighted by atomic mass is 16.5. The van der Waals surface area contributed by atoms with Crippen molar-refractivity contribution in [2.45, 2.75) is 26.9 Å². The summed E-state index contributed by atoms with van der Waals surface area (Å²) in [6.45, 7) is 4.64. The lowest BCUT2D eigenvalue weighted by Crippen LogP contribution is -2.29. The predicted octanol–water partition coefficient (Wildman–Crippen LogP) is 2.34. The van der Waals surface area contributed by atoms with Crippen molar-refractivity contribution in [1.29, 1.82) is 0 Å². The van der Waals surface area contributed by atoms with E-state index >= 15 is 0 Å². The maximum absolute atomic E-state index is 11.8. The molecule has 0 saturated heterocycles. The standard InChI is InChI=1S/C15H17NO4/c1-4-5-14(18)20-11(3)15(19)16-13-8-6-12(7-9-13)10(2)17/h4-9,11H,1-3H3,(H,16,19)/b5-4+/t11-/m0/s1. The minimum absolute atomic E-state index is 0.0449. The summed E-state index contributed by atoms with van der Waals surface area (Å²) < 4.78 is 4.89. The van der Waals surface area contributed by atoms with E-state index in [2.05, 4.69) is 5.32 Å². The van der Waals surface area contributed by atoms with Gasteiger partial charge in [-0.05, 0) is 45.0 Å². The van der Waals surface area contributed by atoms with Crippen LogP contribution in [0, 0.1) is 0 Å². The smallest absolute Gasteiger partial charge is 0.331 e. The number of esters is 1. The Kier molecular flexibility index (Phi) is 5.65. The van der Waals surface area contributed by atoms with Crippen LogP contribution >= 0.6 is 0 Å². The number of Topliss-reactive ketones (excluding diaryl/α,β-unsaturated/α-hetero) is 1. The molecule has 5 nitrogen and oxygen atoms in total. The molecule has 0 bridgehead atoms. The molecule has 5 heteroatoms. The molecule has 0 unspecified atom stereocenters. The van der Waals surface area contributed by atoms with Crippen LogP contribution in [0.3, 0.4) is 0 Å². The zero-order chi connectivity index (χ0) is 15.1. The normalized spacial score (nSPS) is 11.9. The number of hydrogen-bond donors (Lipinski definition) is 1. The largest absolute Gasteiger partial charge is 0.449 e. The number of carbonyl (C=O) groups excluding carboxylic acids is 3. The number of hydrogen-bond acceptors (Lipinski definition) is 4. The van der Waals surface area contributed by atoms with Gasteiger partial charge in [0.1, 0.15) is 0 Å². The second kappa shape index (κ2) is 7.23. The first-order chi connectivity index (χ1) is 9.43. The van der Waals surface area contributed by atoms with E-state index in [4.69, 9.17) is 4.74 Å². The number of nitrogens with one attached hydrogen (secondary N) is 1. The molecule has 0 heterocycles. The third-order valence-electron chi connectivity index (χ3n) is 2.52. The van der Waals surface area contributed by atoms with Gasteiger partial charge >= 0.3 is 5.97 Å². The molecule has 1 amide bonds. The Labute approximate surface area is 117 Å². The number of benzene rings is 1. The van der Waals surface area contributed by atoms with Crippen molar-refractivity contribution in [3.05, 3.63) is 42.0 Å². The summed E-state index contributed by atoms with van der Waals surface area (Å²) >= 11 is 0. The molecule has 0 aliphatic rings. The van der Waals surface area contributed by atoms with Crippen molar-refractivity contribution in [1.82, 2.24) is 0 Å². The molecule has 0 spiro atoms. The third kappa shape index (κ3) is 4.68. The van der Waals surface area contributed by atoms with E-state index < -0.39 is 18.0 Å². The van der Waals surface area contributed by atoms with Gasteiger partial charge in [0.05, 0.1) is 0 Å². The maximum atomic E-state index is 11.8. The topological polar surface area (TPSA) is 72.5 Å². The van der Waals surface area contributed by atoms with Crippen molar-refractivity contribution < 1.29 is 19.1 Å². The molecule has 0 radical (unpaired) electrons. The van der Waals surface area contributed by atoms with E-state index in [0.717, 1.165) is 0 Å². The molecule has 0 saturated carbocycles. The summed E-state index contributed by atoms with van der Waals surface area (Å²) in [5.74, 6) is -1.04. The van der Waals surface area contributed by atoms with Crippen LogP contribution in [-0.2, 0) is 14.3 Å². The number of carbonyl (C=O) groups is 3. The molecule has 0 fully saturated rings. The highest BCUT2D eigenvalue weighted by molar-refractivity contribution is 5.97. The fourth-order valence-corrected chi connectivity index (χ4v) is 1.44. The molecule has 1 aromatic rings. The van der Waals surface area contributed by atoms with Crippen molar-refractivity contribution >= 4 is 23.3 Å². The number of ketones is 1. The summed E-state index contributed by atoms with van der Waals surface area (Å²) in [7, 11) is 0. The van der Waals surface area contributed by atoms with Gasteiger partial charge < -0.3 is 10.1 Å². The lowest BCUT2D eigenvalue weighted by molar-refractivity contribution is -0.148. The lowest BCUT2D eigenvalue weighted by atomic mass is 10.1. The Morgan fingerprint density at radius 3 is 2.30 bits per heavy atom. The van der Waals surface area contributed by atoms with Crippen LogP contribution in [0.4, 0.5) is 5.69 Å². The lowest BCUT2D eigenvalue weighted by Gasteiger charge is -2.12. The Balaban J connectivity index is 2.61. The highest BCUT2D eigenvalue weighted by Crippen LogP contribution is 2.11. The molecule has 0 aromatic heterocycles. The van der Waals surface area contributed by atoms with Crippen LogP contribution in [0.25, 0.3) is 0 Å². The van der Waals surface area contributed by atoms with E-state index in [-0.39, 0.29) is 5.78 Å². The average Bonchev–Trinajstić information content (AvgIpc) is 2.39. The van der Waals surface area contributed by atoms with Gasteiger partial charge in [-0.2, -0.15) is 0 Å². The molecule has 0 aliphatic carbocycles. The minimum Gasteiger partial charge on any atom is -0.449 e. The summed E-state index contributed by atoms with van der Waals surface area (Å²) in [5, 5.41) is 2.60. The van der Waals surface area contributed by atoms with Crippen molar-refractivity contribution in [3.8, 4) is 0 Å². The van der Waals surface area contributed by atoms with Crippen molar-refractivity contribution in [3.63, 3.8) is 0 Å². The van der Waals surface area contributed by atoms with Crippen LogP contribution in [-0.4, -0.2) is 23.8 Å². The molecule has 106 valence electrons. The second-order valence-electron chi connectivity index (χ2n) is 4.20. The van der Waals surface area contributed by atoms with Gasteiger partial charge in [-0.1, -0.05) is 6.08 Å². The molecule has 1 N–H and O–H groups in total. The number of amides is 1. The van der Waals surface area contributed by atoms with Gasteiger partial charge in [-0.15, -0.1) is 0 Å². The quantitative estimate of drug-likeness (QED) is 0.508. The van der Waals surface area contributed by atoms with Crippen molar-refractivity contribution in [2.24, 2.45) is 0 Å². The second-order valence-corrected chi connectivity index (χ2v) is 4.20. The van der Waals surface area contributed by atoms with Gasteiger partial charge in [0.15, 0.2) is 11.9 Å². The summed E-state index contributed by atoms with van der Waals surface area (Å²) in [4.78, 5) is 34.1. The first kappa shape index (κ1) is 15.6. The summed E-state index contributed by atoms with van der Waals surface area (Å²) in [6, 6.07) is 6.48. The van der Waals surface area contributed by atoms with E-state index in [0.29, 0.717) is 11.3 Å². The summed E-state index contributed by atoms with van der Waals surface area (Å²) in [6.07, 6.45) is 1.88. The Morgan fingerprint density at radius 1 is 1.20 bits per heavy atom. The average molecular weight is 275 g/mol. The molecular formula is C15H17NO4. The fraction of sp³-hybridized carbons (Fsp3) is 0.267. The van der Waals surface area contributed by atoms with E-state index in [1.807, 2.05) is 0 Å². The zero-order valence-corrected chi connectivity index (χ0v) is 11.7. The number of allylic oxidation sites excluding steroid dienone is 1. The van der Waals surface area contributed by atoms with Gasteiger partial charge in [0.2, 0.25) is 0 Å². The van der Waals surface area contributed by atoms with Crippen LogP contribution in [0.5, 0.6) is 0 Å². The number of anilines is 1. The van der Waals surface area contributed by atoms with Crippen molar-refractivity contribution in [2.75, 3.05) is 5.32 Å². The highest BCUT2D eigenvalue weighted by Gasteiger charge is 2.16. The number of ether oxygens (including phenoxy) is 1. The maximum Gasteiger partial charge on any atom is 0.331 e. The molecular weight excluding hydrogens is 258 g/mol. The Hall–Kier alpha value is -2.43. The SMILES string of the molecule is C/C=C/C(=O)O[C@@H](C)C(=O)Nc1ccc(C(C)=O)cc1. The zero-order valence-electron chi connectivity index (χ0n) is 11.7. The molecule has 0 aliphatic heterocycles. The monoisotopic (exact) mass is 275 g/mol. The summed E-state index contributed by atoms with van der Waals surface area (Å²) in [5.41, 5.74) is 1.10. The van der Waals surface area contributed by atoms with E-state index in [1.54, 1.807) is 31.2 Å². The van der Waals surface area contributed by atoms with Crippen LogP contribution in [0.1, 0.15) is 31.1 Å². The molecule has 20 heavy (non-hydrogen) atoms. The van der Waals surface area contributed by atoms with Gasteiger partial charge in [0.25, 0.3) is 5.91 Å². The Bertz CT molecular complexity index is 531. The van der Waals surface area contributed by atoms with E-state index in [9.17, 15) is 14.4 Å². The molecule has 1 aromatic carbocycles. The minimum atomic E-state index is -0.897. The first-order valence-corrected chi connectivity index (χ1v) is 6.19. The van der Waals surface area contributed by atoms with E-state index in [1.165, 1.54) is 26.0 Å². The predicted molar refractivity (Wildman–Crippen MR) is 75.4 cm³/mol. The van der Waals surface area contributed by atoms with Crippen LogP contribution in [0.2, 0.25) is 0 Å². The van der Waals surface area contributed by atoms with Crippen LogP contribution in [0.15, 0.2) is 36.4 Å². The van der Waals surface area contributed by atoms with Gasteiger partial charge in [-0.3, -0.25) is 9.59 Å². The fourth-order valence-electron chi connectivity index (χ4n) is 1.44. The molecule has 1 atom stereocenters. The van der Waals surface area contributed by atoms with Gasteiger partial charge in [-0.25, -0.2) is 4.79 Å². The van der Waals surface area contributed by atoms with Crippen LogP contribution < -0.4 is 5.32 Å². The third-order valence-corrected chi connectivity index (χ3v) is 2.52. The first-order valence-electron chi connectivity index (χ1n) is 6.19. The van der Waals surface area contributed by atoms with Gasteiger partial charge in [0, 0.05) is 17.3 Å². The molecule has 1 rings (SSSR count).